The second-order valence-electron chi connectivity index (χ2n) is 4.45. The van der Waals surface area contributed by atoms with Gasteiger partial charge < -0.3 is 5.73 Å². The minimum Gasteiger partial charge on any atom is -0.366 e. The molecule has 2 aromatic heterocycles. The summed E-state index contributed by atoms with van der Waals surface area (Å²) in [6.07, 6.45) is 7.55. The zero-order chi connectivity index (χ0) is 14.1. The lowest BCUT2D eigenvalue weighted by molar-refractivity contribution is 0.0996. The lowest BCUT2D eigenvalue weighted by atomic mass is 10.0. The Labute approximate surface area is 113 Å². The van der Waals surface area contributed by atoms with Crippen molar-refractivity contribution in [3.8, 4) is 0 Å². The number of carbonyl (C=O) groups excluding carboxylic acids is 1. The summed E-state index contributed by atoms with van der Waals surface area (Å²) in [5, 5.41) is 0. The van der Waals surface area contributed by atoms with Crippen LogP contribution in [0.5, 0.6) is 0 Å². The van der Waals surface area contributed by atoms with Gasteiger partial charge in [0, 0.05) is 31.2 Å². The van der Waals surface area contributed by atoms with Gasteiger partial charge in [0.1, 0.15) is 5.82 Å². The average Bonchev–Trinajstić information content (AvgIpc) is 2.85. The Hall–Kier alpha value is -2.76. The van der Waals surface area contributed by atoms with E-state index in [-0.39, 0.29) is 5.56 Å². The van der Waals surface area contributed by atoms with Crippen LogP contribution in [0, 0.1) is 5.82 Å². The number of halogens is 1. The normalized spacial score (nSPS) is 10.8. The van der Waals surface area contributed by atoms with Gasteiger partial charge >= 0.3 is 0 Å². The first-order chi connectivity index (χ1) is 9.63. The molecule has 0 radical (unpaired) electrons. The monoisotopic (exact) mass is 270 g/mol. The van der Waals surface area contributed by atoms with Gasteiger partial charge in [-0.25, -0.2) is 14.4 Å². The smallest absolute Gasteiger partial charge is 0.251 e. The number of primary amides is 1. The molecule has 0 saturated heterocycles. The molecule has 0 aliphatic heterocycles. The van der Waals surface area contributed by atoms with Crippen molar-refractivity contribution < 1.29 is 9.18 Å². The maximum atomic E-state index is 13.7. The van der Waals surface area contributed by atoms with Crippen LogP contribution in [0.15, 0.2) is 43.0 Å². The van der Waals surface area contributed by atoms with Crippen molar-refractivity contribution in [2.45, 2.75) is 6.42 Å². The Kier molecular flexibility index (Phi) is 2.90. The zero-order valence-electron chi connectivity index (χ0n) is 10.5. The highest BCUT2D eigenvalue weighted by molar-refractivity contribution is 5.93. The van der Waals surface area contributed by atoms with Crippen molar-refractivity contribution in [1.29, 1.82) is 0 Å². The lowest BCUT2D eigenvalue weighted by Crippen LogP contribution is -2.13. The van der Waals surface area contributed by atoms with E-state index in [2.05, 4.69) is 9.97 Å². The molecular weight excluding hydrogens is 259 g/mol. The molecule has 1 aromatic carbocycles. The summed E-state index contributed by atoms with van der Waals surface area (Å²) >= 11 is 0. The predicted molar refractivity (Wildman–Crippen MR) is 70.7 cm³/mol. The number of carbonyl (C=O) groups is 1. The molecule has 0 aliphatic carbocycles. The van der Waals surface area contributed by atoms with E-state index in [1.165, 1.54) is 12.1 Å². The fourth-order valence-corrected chi connectivity index (χ4v) is 2.05. The third kappa shape index (κ3) is 2.23. The fraction of sp³-hybridized carbons (Fsp3) is 0.0714. The molecule has 2 heterocycles. The van der Waals surface area contributed by atoms with E-state index in [0.717, 1.165) is 11.1 Å². The van der Waals surface area contributed by atoms with Crippen LogP contribution < -0.4 is 5.73 Å². The summed E-state index contributed by atoms with van der Waals surface area (Å²) in [5.41, 5.74) is 6.63. The third-order valence-electron chi connectivity index (χ3n) is 3.01. The number of aromatic nitrogens is 3. The first kappa shape index (κ1) is 12.3. The summed E-state index contributed by atoms with van der Waals surface area (Å²) in [6.45, 7) is 0. The van der Waals surface area contributed by atoms with Gasteiger partial charge in [-0.15, -0.1) is 0 Å². The van der Waals surface area contributed by atoms with Crippen LogP contribution in [-0.2, 0) is 6.42 Å². The van der Waals surface area contributed by atoms with Crippen LogP contribution in [0.25, 0.3) is 5.78 Å². The number of nitrogens with two attached hydrogens (primary N) is 1. The Balaban J connectivity index is 1.90. The number of nitrogens with zero attached hydrogens (tertiary/aromatic N) is 3. The molecule has 0 unspecified atom stereocenters. The quantitative estimate of drug-likeness (QED) is 0.785. The van der Waals surface area contributed by atoms with Crippen LogP contribution in [0.2, 0.25) is 0 Å². The first-order valence-electron chi connectivity index (χ1n) is 5.99. The molecule has 0 bridgehead atoms. The van der Waals surface area contributed by atoms with E-state index in [0.29, 0.717) is 12.2 Å². The van der Waals surface area contributed by atoms with Gasteiger partial charge in [0.25, 0.3) is 5.91 Å². The molecule has 0 saturated carbocycles. The summed E-state index contributed by atoms with van der Waals surface area (Å²) in [7, 11) is 0. The molecule has 0 fully saturated rings. The lowest BCUT2D eigenvalue weighted by Gasteiger charge is -2.05. The highest BCUT2D eigenvalue weighted by atomic mass is 19.1. The summed E-state index contributed by atoms with van der Waals surface area (Å²) in [4.78, 5) is 19.2. The predicted octanol–water partition coefficient (Wildman–Crippen LogP) is 1.56. The maximum Gasteiger partial charge on any atom is 0.251 e. The van der Waals surface area contributed by atoms with Crippen molar-refractivity contribution in [3.63, 3.8) is 0 Å². The molecule has 5 nitrogen and oxygen atoms in total. The van der Waals surface area contributed by atoms with E-state index in [1.54, 1.807) is 29.1 Å². The molecule has 20 heavy (non-hydrogen) atoms. The van der Waals surface area contributed by atoms with Crippen molar-refractivity contribution in [2.24, 2.45) is 5.73 Å². The second-order valence-corrected chi connectivity index (χ2v) is 4.45. The van der Waals surface area contributed by atoms with Gasteiger partial charge in [-0.3, -0.25) is 9.20 Å². The number of rotatable bonds is 3. The SMILES string of the molecule is NC(=O)c1ccc(Cc2cnc3nccn3c2)cc1F. The number of hydrogen-bond donors (Lipinski definition) is 1. The maximum absolute atomic E-state index is 13.7. The molecule has 0 spiro atoms. The number of imidazole rings is 1. The van der Waals surface area contributed by atoms with Crippen molar-refractivity contribution in [2.75, 3.05) is 0 Å². The largest absolute Gasteiger partial charge is 0.366 e. The van der Waals surface area contributed by atoms with Gasteiger partial charge in [0.05, 0.1) is 5.56 Å². The fourth-order valence-electron chi connectivity index (χ4n) is 2.05. The van der Waals surface area contributed by atoms with Gasteiger partial charge in [0.2, 0.25) is 5.78 Å². The molecule has 2 N–H and O–H groups in total. The Morgan fingerprint density at radius 2 is 2.15 bits per heavy atom. The second kappa shape index (κ2) is 4.73. The number of fused-ring (bicyclic) bond motifs is 1. The highest BCUT2D eigenvalue weighted by Gasteiger charge is 2.09. The van der Waals surface area contributed by atoms with Gasteiger partial charge in [-0.2, -0.15) is 0 Å². The van der Waals surface area contributed by atoms with Crippen LogP contribution in [-0.4, -0.2) is 20.3 Å². The molecule has 3 aromatic rings. The molecule has 3 rings (SSSR count). The van der Waals surface area contributed by atoms with E-state index in [1.807, 2.05) is 6.20 Å². The highest BCUT2D eigenvalue weighted by Crippen LogP contribution is 2.14. The van der Waals surface area contributed by atoms with Gasteiger partial charge in [-0.05, 0) is 23.3 Å². The van der Waals surface area contributed by atoms with Crippen LogP contribution in [0.1, 0.15) is 21.5 Å². The van der Waals surface area contributed by atoms with Gasteiger partial charge in [0.15, 0.2) is 0 Å². The van der Waals surface area contributed by atoms with Gasteiger partial charge in [-0.1, -0.05) is 6.07 Å². The number of hydrogen-bond acceptors (Lipinski definition) is 3. The molecule has 0 atom stereocenters. The minimum atomic E-state index is -0.768. The van der Waals surface area contributed by atoms with Crippen molar-refractivity contribution in [1.82, 2.24) is 14.4 Å². The molecule has 1 amide bonds. The minimum absolute atomic E-state index is 0.100. The van der Waals surface area contributed by atoms with E-state index in [9.17, 15) is 9.18 Å². The third-order valence-corrected chi connectivity index (χ3v) is 3.01. The number of amides is 1. The van der Waals surface area contributed by atoms with Crippen molar-refractivity contribution in [3.05, 3.63) is 65.5 Å². The van der Waals surface area contributed by atoms with Crippen LogP contribution in [0.4, 0.5) is 4.39 Å². The Morgan fingerprint density at radius 3 is 2.90 bits per heavy atom. The Bertz CT molecular complexity index is 797. The summed E-state index contributed by atoms with van der Waals surface area (Å²) in [6, 6.07) is 4.40. The molecule has 0 aliphatic rings. The van der Waals surface area contributed by atoms with Crippen LogP contribution in [0.3, 0.4) is 0 Å². The Morgan fingerprint density at radius 1 is 1.30 bits per heavy atom. The van der Waals surface area contributed by atoms with E-state index in [4.69, 9.17) is 5.73 Å². The van der Waals surface area contributed by atoms with E-state index >= 15 is 0 Å². The zero-order valence-corrected chi connectivity index (χ0v) is 10.5. The number of benzene rings is 1. The molecule has 6 heteroatoms. The molecular formula is C14H11FN4O. The summed E-state index contributed by atoms with van der Waals surface area (Å²) in [5.74, 6) is -0.758. The van der Waals surface area contributed by atoms with Crippen molar-refractivity contribution >= 4 is 11.7 Å². The average molecular weight is 270 g/mol. The summed E-state index contributed by atoms with van der Waals surface area (Å²) < 4.78 is 15.5. The molecule has 100 valence electrons. The van der Waals surface area contributed by atoms with Crippen LogP contribution >= 0.6 is 0 Å². The van der Waals surface area contributed by atoms with E-state index < -0.39 is 11.7 Å². The first-order valence-corrected chi connectivity index (χ1v) is 5.99. The standard InChI is InChI=1S/C14H11FN4O/c15-12-6-9(1-2-11(12)13(16)20)5-10-7-18-14-17-3-4-19(14)8-10/h1-4,6-8H,5H2,(H2,16,20). The topological polar surface area (TPSA) is 73.3 Å².